The predicted octanol–water partition coefficient (Wildman–Crippen LogP) is 6.40. The van der Waals surface area contributed by atoms with Crippen LogP contribution < -0.4 is 15.5 Å². The fourth-order valence-electron chi connectivity index (χ4n) is 8.32. The molecule has 1 saturated carbocycles. The van der Waals surface area contributed by atoms with E-state index in [-0.39, 0.29) is 23.9 Å². The number of hydrogen-bond donors (Lipinski definition) is 2. The van der Waals surface area contributed by atoms with Crippen molar-refractivity contribution in [3.05, 3.63) is 53.9 Å². The van der Waals surface area contributed by atoms with Crippen molar-refractivity contribution in [1.29, 1.82) is 0 Å². The highest BCUT2D eigenvalue weighted by atomic mass is 16.7. The number of alkyl carbamates (subject to hydrolysis) is 1. The molecule has 1 aromatic heterocycles. The van der Waals surface area contributed by atoms with Crippen LogP contribution in [0.2, 0.25) is 0 Å². The molecule has 4 atom stereocenters. The molecule has 0 bridgehead atoms. The summed E-state index contributed by atoms with van der Waals surface area (Å²) in [7, 11) is 0.869. The van der Waals surface area contributed by atoms with Gasteiger partial charge in [-0.25, -0.2) is 9.78 Å². The van der Waals surface area contributed by atoms with E-state index in [2.05, 4.69) is 74.4 Å². The first-order valence-corrected chi connectivity index (χ1v) is 17.6. The maximum absolute atomic E-state index is 14.2. The van der Waals surface area contributed by atoms with Crippen LogP contribution >= 0.6 is 0 Å². The topological polar surface area (TPSA) is 115 Å². The number of H-pyrrole nitrogens is 1. The Kier molecular flexibility index (Phi) is 7.53. The number of carbonyl (C=O) groups is 2. The zero-order valence-electron chi connectivity index (χ0n) is 29.4. The molecule has 256 valence electrons. The molecule has 4 heterocycles. The molecule has 1 aliphatic carbocycles. The van der Waals surface area contributed by atoms with Gasteiger partial charge in [-0.2, -0.15) is 0 Å². The molecule has 10 nitrogen and oxygen atoms in total. The highest BCUT2D eigenvalue weighted by Gasteiger charge is 2.52. The zero-order valence-corrected chi connectivity index (χ0v) is 29.4. The second-order valence-corrected chi connectivity index (χ2v) is 15.6. The van der Waals surface area contributed by atoms with Crippen molar-refractivity contribution < 1.29 is 28.4 Å². The predicted molar refractivity (Wildman–Crippen MR) is 189 cm³/mol. The van der Waals surface area contributed by atoms with E-state index in [1.165, 1.54) is 7.11 Å². The zero-order chi connectivity index (χ0) is 34.4. The second kappa shape index (κ2) is 11.5. The SMILES string of the molecule is COC(=O)N[C@H](C(=O)N1[C@H](c2nc3ccc4cc5c(cc4c3[nH]2)COc2cc(B3OC(C)(C)C(C)(C)O3)ccc2-5)C[C@@H]2CCC[C@@H]21)C(C)C. The van der Waals surface area contributed by atoms with Crippen molar-refractivity contribution in [2.75, 3.05) is 7.11 Å². The van der Waals surface area contributed by atoms with E-state index in [9.17, 15) is 9.59 Å². The molecule has 2 N–H and O–H groups in total. The summed E-state index contributed by atoms with van der Waals surface area (Å²) < 4.78 is 23.8. The normalized spacial score (nSPS) is 24.1. The van der Waals surface area contributed by atoms with Crippen molar-refractivity contribution in [3.63, 3.8) is 0 Å². The lowest BCUT2D eigenvalue weighted by Gasteiger charge is -2.33. The summed E-state index contributed by atoms with van der Waals surface area (Å²) in [4.78, 5) is 37.2. The smallest absolute Gasteiger partial charge is 0.488 e. The molecular weight excluding hydrogens is 619 g/mol. The number of nitrogens with zero attached hydrogens (tertiary/aromatic N) is 2. The number of ether oxygens (including phenoxy) is 2. The van der Waals surface area contributed by atoms with Crippen molar-refractivity contribution in [2.45, 2.75) is 103 Å². The van der Waals surface area contributed by atoms with Crippen LogP contribution in [-0.2, 0) is 25.4 Å². The van der Waals surface area contributed by atoms with Crippen molar-refractivity contribution in [1.82, 2.24) is 20.2 Å². The number of likely N-dealkylation sites (tertiary alicyclic amines) is 1. The van der Waals surface area contributed by atoms with Crippen LogP contribution in [0.5, 0.6) is 5.75 Å². The summed E-state index contributed by atoms with van der Waals surface area (Å²) >= 11 is 0. The third-order valence-electron chi connectivity index (χ3n) is 11.7. The van der Waals surface area contributed by atoms with Crippen LogP contribution in [0, 0.1) is 11.8 Å². The van der Waals surface area contributed by atoms with Gasteiger partial charge in [0.05, 0.1) is 35.4 Å². The lowest BCUT2D eigenvalue weighted by atomic mass is 9.78. The Morgan fingerprint density at radius 1 is 1.04 bits per heavy atom. The van der Waals surface area contributed by atoms with Gasteiger partial charge in [-0.05, 0) is 105 Å². The molecule has 4 aliphatic rings. The van der Waals surface area contributed by atoms with Crippen LogP contribution in [0.15, 0.2) is 42.5 Å². The molecule has 3 aliphatic heterocycles. The van der Waals surface area contributed by atoms with Crippen LogP contribution in [0.25, 0.3) is 32.9 Å². The van der Waals surface area contributed by atoms with Gasteiger partial charge in [-0.15, -0.1) is 0 Å². The van der Waals surface area contributed by atoms with E-state index >= 15 is 0 Å². The third kappa shape index (κ3) is 5.19. The van der Waals surface area contributed by atoms with Gasteiger partial charge in [-0.3, -0.25) is 4.79 Å². The summed E-state index contributed by atoms with van der Waals surface area (Å²) in [6.45, 7) is 12.6. The Bertz CT molecular complexity index is 1970. The van der Waals surface area contributed by atoms with Gasteiger partial charge in [0.25, 0.3) is 0 Å². The molecule has 11 heteroatoms. The van der Waals surface area contributed by atoms with E-state index in [4.69, 9.17) is 23.8 Å². The Balaban J connectivity index is 1.13. The standard InChI is InChI=1S/C38H45BN4O6/c1-20(2)32(42-36(45)46-7)35(44)43-29-10-8-9-22(29)17-30(43)34-40-28-14-11-21-15-26-23(16-27(21)33(28)41-34)19-47-31-18-24(12-13-25(26)31)39-48-37(3,4)38(5,6)49-39/h11-16,18,20,22,29-30,32H,8-10,17,19H2,1-7H3,(H,40,41)(H,42,45)/t22-,29-,30-,32-/m0/s1. The first-order chi connectivity index (χ1) is 23.3. The van der Waals surface area contributed by atoms with Crippen LogP contribution in [0.3, 0.4) is 0 Å². The molecule has 0 unspecified atom stereocenters. The van der Waals surface area contributed by atoms with Gasteiger partial charge < -0.3 is 34.0 Å². The number of fused-ring (bicyclic) bond motifs is 7. The summed E-state index contributed by atoms with van der Waals surface area (Å²) in [6.07, 6.45) is 3.41. The van der Waals surface area contributed by atoms with Gasteiger partial charge in [0.2, 0.25) is 5.91 Å². The molecule has 0 spiro atoms. The highest BCUT2D eigenvalue weighted by molar-refractivity contribution is 6.62. The number of rotatable bonds is 5. The molecule has 49 heavy (non-hydrogen) atoms. The third-order valence-corrected chi connectivity index (χ3v) is 11.7. The van der Waals surface area contributed by atoms with Crippen LogP contribution in [0.4, 0.5) is 4.79 Å². The number of aromatic amines is 1. The van der Waals surface area contributed by atoms with Gasteiger partial charge in [0.15, 0.2) is 0 Å². The monoisotopic (exact) mass is 664 g/mol. The first kappa shape index (κ1) is 32.1. The first-order valence-electron chi connectivity index (χ1n) is 17.6. The Hall–Kier alpha value is -4.09. The van der Waals surface area contributed by atoms with Crippen molar-refractivity contribution >= 4 is 46.4 Å². The number of amides is 2. The molecule has 8 rings (SSSR count). The van der Waals surface area contributed by atoms with Gasteiger partial charge in [-0.1, -0.05) is 38.5 Å². The van der Waals surface area contributed by atoms with E-state index in [0.717, 1.165) is 81.2 Å². The average molecular weight is 665 g/mol. The van der Waals surface area contributed by atoms with Crippen LogP contribution in [0.1, 0.15) is 84.7 Å². The fraction of sp³-hybridized carbons (Fsp3) is 0.500. The summed E-state index contributed by atoms with van der Waals surface area (Å²) in [6, 6.07) is 14.1. The lowest BCUT2D eigenvalue weighted by molar-refractivity contribution is -0.137. The number of aromatic nitrogens is 2. The minimum Gasteiger partial charge on any atom is -0.488 e. The molecular formula is C38H45BN4O6. The van der Waals surface area contributed by atoms with Gasteiger partial charge in [0, 0.05) is 17.0 Å². The number of carbonyl (C=O) groups excluding carboxylic acids is 2. The fourth-order valence-corrected chi connectivity index (χ4v) is 8.32. The minimum absolute atomic E-state index is 0.0726. The highest BCUT2D eigenvalue weighted by Crippen LogP contribution is 2.48. The largest absolute Gasteiger partial charge is 0.494 e. The number of methoxy groups -OCH3 is 1. The second-order valence-electron chi connectivity index (χ2n) is 15.6. The van der Waals surface area contributed by atoms with Gasteiger partial charge in [0.1, 0.15) is 24.2 Å². The Labute approximate surface area is 287 Å². The molecule has 2 amide bonds. The van der Waals surface area contributed by atoms with Crippen molar-refractivity contribution in [3.8, 4) is 16.9 Å². The summed E-state index contributed by atoms with van der Waals surface area (Å²) in [5.74, 6) is 1.86. The van der Waals surface area contributed by atoms with E-state index in [1.807, 2.05) is 24.8 Å². The molecule has 3 aromatic carbocycles. The van der Waals surface area contributed by atoms with Crippen LogP contribution in [-0.4, -0.2) is 64.4 Å². The van der Waals surface area contributed by atoms with Crippen molar-refractivity contribution in [2.24, 2.45) is 11.8 Å². The quantitative estimate of drug-likeness (QED) is 0.238. The molecule has 3 fully saturated rings. The number of hydrogen-bond acceptors (Lipinski definition) is 7. The maximum Gasteiger partial charge on any atom is 0.494 e. The Morgan fingerprint density at radius 3 is 2.55 bits per heavy atom. The molecule has 4 aromatic rings. The number of benzene rings is 3. The average Bonchev–Trinajstić information content (AvgIpc) is 3.83. The number of nitrogens with one attached hydrogen (secondary N) is 2. The van der Waals surface area contributed by atoms with E-state index < -0.39 is 30.5 Å². The maximum atomic E-state index is 14.2. The van der Waals surface area contributed by atoms with E-state index in [1.54, 1.807) is 0 Å². The minimum atomic E-state index is -0.679. The van der Waals surface area contributed by atoms with Gasteiger partial charge >= 0.3 is 13.2 Å². The lowest BCUT2D eigenvalue weighted by Crippen LogP contribution is -2.53. The Morgan fingerprint density at radius 2 is 1.82 bits per heavy atom. The van der Waals surface area contributed by atoms with E-state index in [0.29, 0.717) is 12.5 Å². The molecule has 0 radical (unpaired) electrons. The number of imidazole rings is 1. The summed E-state index contributed by atoms with van der Waals surface area (Å²) in [5, 5.41) is 4.97. The summed E-state index contributed by atoms with van der Waals surface area (Å²) in [5.41, 5.74) is 5.22. The molecule has 2 saturated heterocycles.